The molecule has 0 fully saturated rings. The molecule has 0 radical (unpaired) electrons. The molecule has 0 aliphatic rings. The number of para-hydroxylation sites is 1. The standard InChI is InChI=1S/C15H17N/c1-3-4-9-14(2)10-8-13-16-15-11-6-5-7-12-15/h3-13H,1-2H3. The van der Waals surface area contributed by atoms with E-state index in [4.69, 9.17) is 0 Å². The van der Waals surface area contributed by atoms with Gasteiger partial charge in [-0.05, 0) is 32.1 Å². The van der Waals surface area contributed by atoms with Crippen molar-refractivity contribution in [2.45, 2.75) is 13.8 Å². The van der Waals surface area contributed by atoms with Gasteiger partial charge in [0.1, 0.15) is 0 Å². The molecular formula is C15H17N. The quantitative estimate of drug-likeness (QED) is 0.514. The highest BCUT2D eigenvalue weighted by Gasteiger charge is 1.81. The van der Waals surface area contributed by atoms with Gasteiger partial charge in [-0.25, -0.2) is 0 Å². The Labute approximate surface area is 97.5 Å². The maximum atomic E-state index is 4.30. The van der Waals surface area contributed by atoms with Gasteiger partial charge in [-0.3, -0.25) is 4.99 Å². The van der Waals surface area contributed by atoms with Crippen LogP contribution in [0.5, 0.6) is 0 Å². The van der Waals surface area contributed by atoms with Gasteiger partial charge < -0.3 is 0 Å². The zero-order chi connectivity index (χ0) is 11.6. The van der Waals surface area contributed by atoms with Gasteiger partial charge in [0.05, 0.1) is 5.69 Å². The molecule has 82 valence electrons. The zero-order valence-electron chi connectivity index (χ0n) is 9.80. The topological polar surface area (TPSA) is 12.4 Å². The lowest BCUT2D eigenvalue weighted by molar-refractivity contribution is 1.51. The molecule has 1 heteroatoms. The fourth-order valence-electron chi connectivity index (χ4n) is 1.14. The molecule has 0 spiro atoms. The van der Waals surface area contributed by atoms with Crippen LogP contribution in [0.25, 0.3) is 0 Å². The van der Waals surface area contributed by atoms with Gasteiger partial charge >= 0.3 is 0 Å². The van der Waals surface area contributed by atoms with Crippen LogP contribution in [0.1, 0.15) is 13.8 Å². The Morgan fingerprint density at radius 3 is 2.56 bits per heavy atom. The molecular weight excluding hydrogens is 194 g/mol. The first-order chi connectivity index (χ1) is 7.83. The van der Waals surface area contributed by atoms with E-state index in [0.29, 0.717) is 0 Å². The van der Waals surface area contributed by atoms with Crippen molar-refractivity contribution in [3.63, 3.8) is 0 Å². The van der Waals surface area contributed by atoms with Crippen molar-refractivity contribution < 1.29 is 0 Å². The molecule has 0 amide bonds. The summed E-state index contributed by atoms with van der Waals surface area (Å²) in [5, 5.41) is 0. The van der Waals surface area contributed by atoms with Crippen LogP contribution in [0, 0.1) is 0 Å². The molecule has 0 atom stereocenters. The molecule has 0 aliphatic carbocycles. The lowest BCUT2D eigenvalue weighted by Gasteiger charge is -1.89. The van der Waals surface area contributed by atoms with Gasteiger partial charge in [-0.1, -0.05) is 48.1 Å². The van der Waals surface area contributed by atoms with Crippen molar-refractivity contribution in [3.8, 4) is 0 Å². The van der Waals surface area contributed by atoms with E-state index in [0.717, 1.165) is 5.69 Å². The lowest BCUT2D eigenvalue weighted by Crippen LogP contribution is -1.69. The van der Waals surface area contributed by atoms with Crippen molar-refractivity contribution in [2.75, 3.05) is 0 Å². The molecule has 0 saturated carbocycles. The van der Waals surface area contributed by atoms with Crippen LogP contribution in [0.4, 0.5) is 5.69 Å². The summed E-state index contributed by atoms with van der Waals surface area (Å²) in [4.78, 5) is 4.30. The molecule has 0 aromatic heterocycles. The number of hydrogen-bond donors (Lipinski definition) is 0. The van der Waals surface area contributed by atoms with Gasteiger partial charge in [-0.15, -0.1) is 0 Å². The molecule has 16 heavy (non-hydrogen) atoms. The van der Waals surface area contributed by atoms with Gasteiger partial charge in [0.25, 0.3) is 0 Å². The molecule has 1 aromatic rings. The first-order valence-corrected chi connectivity index (χ1v) is 5.38. The summed E-state index contributed by atoms with van der Waals surface area (Å²) in [7, 11) is 0. The fourth-order valence-corrected chi connectivity index (χ4v) is 1.14. The van der Waals surface area contributed by atoms with Crippen LogP contribution in [-0.4, -0.2) is 6.21 Å². The molecule has 0 bridgehead atoms. The van der Waals surface area contributed by atoms with E-state index in [9.17, 15) is 0 Å². The average molecular weight is 211 g/mol. The molecule has 1 aromatic carbocycles. The monoisotopic (exact) mass is 211 g/mol. The minimum Gasteiger partial charge on any atom is -0.257 e. The minimum atomic E-state index is 0.974. The first kappa shape index (κ1) is 12.2. The largest absolute Gasteiger partial charge is 0.257 e. The summed E-state index contributed by atoms with van der Waals surface area (Å²) < 4.78 is 0. The van der Waals surface area contributed by atoms with Crippen molar-refractivity contribution in [1.29, 1.82) is 0 Å². The third-order valence-corrected chi connectivity index (χ3v) is 1.98. The van der Waals surface area contributed by atoms with Gasteiger partial charge in [0.2, 0.25) is 0 Å². The van der Waals surface area contributed by atoms with E-state index < -0.39 is 0 Å². The van der Waals surface area contributed by atoms with Crippen LogP contribution >= 0.6 is 0 Å². The highest BCUT2D eigenvalue weighted by molar-refractivity contribution is 5.75. The molecule has 0 heterocycles. The summed E-state index contributed by atoms with van der Waals surface area (Å²) in [5.41, 5.74) is 2.18. The predicted molar refractivity (Wildman–Crippen MR) is 72.3 cm³/mol. The lowest BCUT2D eigenvalue weighted by atomic mass is 10.2. The third-order valence-electron chi connectivity index (χ3n) is 1.98. The van der Waals surface area contributed by atoms with Crippen molar-refractivity contribution in [2.24, 2.45) is 4.99 Å². The van der Waals surface area contributed by atoms with Gasteiger partial charge in [-0.2, -0.15) is 0 Å². The van der Waals surface area contributed by atoms with Crippen LogP contribution < -0.4 is 0 Å². The molecule has 1 nitrogen and oxygen atoms in total. The zero-order valence-corrected chi connectivity index (χ0v) is 9.80. The summed E-state index contributed by atoms with van der Waals surface area (Å²) in [6.45, 7) is 4.07. The maximum Gasteiger partial charge on any atom is 0.0629 e. The Kier molecular flexibility index (Phi) is 5.64. The maximum absolute atomic E-state index is 4.30. The van der Waals surface area contributed by atoms with Crippen LogP contribution in [-0.2, 0) is 0 Å². The predicted octanol–water partition coefficient (Wildman–Crippen LogP) is 4.47. The number of nitrogens with zero attached hydrogens (tertiary/aromatic N) is 1. The average Bonchev–Trinajstić information content (AvgIpc) is 2.33. The summed E-state index contributed by atoms with van der Waals surface area (Å²) in [5.74, 6) is 0. The highest BCUT2D eigenvalue weighted by Crippen LogP contribution is 2.08. The minimum absolute atomic E-state index is 0.974. The van der Waals surface area contributed by atoms with Crippen molar-refractivity contribution >= 4 is 11.9 Å². The van der Waals surface area contributed by atoms with Crippen LogP contribution in [0.3, 0.4) is 0 Å². The SMILES string of the molecule is CC=CC=C(C)C=CC=Nc1ccccc1. The molecule has 1 rings (SSSR count). The highest BCUT2D eigenvalue weighted by atomic mass is 14.7. The van der Waals surface area contributed by atoms with Gasteiger partial charge in [0, 0.05) is 6.21 Å². The smallest absolute Gasteiger partial charge is 0.0629 e. The van der Waals surface area contributed by atoms with Crippen molar-refractivity contribution in [1.82, 2.24) is 0 Å². The molecule has 0 N–H and O–H groups in total. The Morgan fingerprint density at radius 2 is 1.88 bits per heavy atom. The second kappa shape index (κ2) is 7.41. The van der Waals surface area contributed by atoms with E-state index >= 15 is 0 Å². The first-order valence-electron chi connectivity index (χ1n) is 5.38. The Hall–Kier alpha value is -1.89. The van der Waals surface area contributed by atoms with E-state index in [2.05, 4.69) is 18.0 Å². The van der Waals surface area contributed by atoms with E-state index in [1.54, 1.807) is 0 Å². The third kappa shape index (κ3) is 5.11. The summed E-state index contributed by atoms with van der Waals surface area (Å²) in [6.07, 6.45) is 11.9. The molecule has 0 saturated heterocycles. The Bertz CT molecular complexity index is 408. The second-order valence-electron chi connectivity index (χ2n) is 3.41. The summed E-state index contributed by atoms with van der Waals surface area (Å²) >= 11 is 0. The van der Waals surface area contributed by atoms with E-state index in [1.165, 1.54) is 5.57 Å². The number of allylic oxidation sites excluding steroid dienone is 6. The molecule has 0 aliphatic heterocycles. The van der Waals surface area contributed by atoms with E-state index in [-0.39, 0.29) is 0 Å². The van der Waals surface area contributed by atoms with Crippen molar-refractivity contribution in [3.05, 3.63) is 66.3 Å². The number of benzene rings is 1. The molecule has 0 unspecified atom stereocenters. The van der Waals surface area contributed by atoms with Crippen LogP contribution in [0.15, 0.2) is 71.3 Å². The van der Waals surface area contributed by atoms with E-state index in [1.807, 2.05) is 67.8 Å². The van der Waals surface area contributed by atoms with Crippen LogP contribution in [0.2, 0.25) is 0 Å². The van der Waals surface area contributed by atoms with Gasteiger partial charge in [0.15, 0.2) is 0 Å². The summed E-state index contributed by atoms with van der Waals surface area (Å²) in [6, 6.07) is 9.90. The number of hydrogen-bond acceptors (Lipinski definition) is 1. The number of aliphatic imine (C=N–C) groups is 1. The Morgan fingerprint density at radius 1 is 1.12 bits per heavy atom. The second-order valence-corrected chi connectivity index (χ2v) is 3.41. The fraction of sp³-hybridized carbons (Fsp3) is 0.133. The normalized spacial score (nSPS) is 13.2. The Balaban J connectivity index is 2.51. The number of rotatable bonds is 4.